The van der Waals surface area contributed by atoms with Gasteiger partial charge in [0.15, 0.2) is 6.10 Å². The van der Waals surface area contributed by atoms with Crippen LogP contribution in [0.15, 0.2) is 41.8 Å². The highest BCUT2D eigenvalue weighted by Gasteiger charge is 2.48. The summed E-state index contributed by atoms with van der Waals surface area (Å²) < 4.78 is 11.6. The number of nitrogens with one attached hydrogen (secondary N) is 6. The number of phenolic OH excluding ortho intramolecular Hbond substituents is 1. The number of aromatic nitrogens is 1. The maximum atomic E-state index is 15.3. The molecule has 1 saturated heterocycles. The Balaban J connectivity index is 1.42. The number of hydrogen-bond acceptors (Lipinski definition) is 15. The summed E-state index contributed by atoms with van der Waals surface area (Å²) in [5.41, 5.74) is -1.83. The molecule has 1 aliphatic carbocycles. The first-order chi connectivity index (χ1) is 40.3. The van der Waals surface area contributed by atoms with E-state index in [1.807, 2.05) is 39.8 Å². The Labute approximate surface area is 504 Å². The van der Waals surface area contributed by atoms with Gasteiger partial charge in [-0.15, -0.1) is 11.3 Å². The van der Waals surface area contributed by atoms with E-state index in [9.17, 15) is 53.4 Å². The van der Waals surface area contributed by atoms with Crippen LogP contribution in [0.4, 0.5) is 0 Å². The molecule has 8 amide bonds. The normalized spacial score (nSPS) is 18.2. The third-order valence-corrected chi connectivity index (χ3v) is 16.6. The zero-order valence-electron chi connectivity index (χ0n) is 51.2. The lowest BCUT2D eigenvalue weighted by Crippen LogP contribution is -2.62. The van der Waals surface area contributed by atoms with Gasteiger partial charge in [-0.05, 0) is 102 Å². The average Bonchev–Trinajstić information content (AvgIpc) is 3.55. The molecule has 23 nitrogen and oxygen atoms in total. The van der Waals surface area contributed by atoms with Gasteiger partial charge in [0.25, 0.3) is 5.91 Å². The first-order valence-corrected chi connectivity index (χ1v) is 30.9. The minimum Gasteiger partial charge on any atom is -0.508 e. The fourth-order valence-corrected chi connectivity index (χ4v) is 11.2. The number of carbonyl (C=O) groups excluding carboxylic acids is 9. The minimum absolute atomic E-state index is 0.0213. The number of unbranched alkanes of at least 4 members (excludes halogenated alkanes) is 3. The van der Waals surface area contributed by atoms with Crippen LogP contribution >= 0.6 is 11.3 Å². The van der Waals surface area contributed by atoms with E-state index in [4.69, 9.17) is 9.47 Å². The second-order valence-electron chi connectivity index (χ2n) is 23.5. The van der Waals surface area contributed by atoms with Crippen molar-refractivity contribution in [3.05, 3.63) is 58.1 Å². The monoisotopic (exact) mass is 1210 g/mol. The molecule has 0 bridgehead atoms. The summed E-state index contributed by atoms with van der Waals surface area (Å²) in [5.74, 6) is -6.74. The highest BCUT2D eigenvalue weighted by atomic mass is 32.1. The molecule has 2 heterocycles. The van der Waals surface area contributed by atoms with Crippen molar-refractivity contribution in [2.75, 3.05) is 45.9 Å². The third-order valence-electron chi connectivity index (χ3n) is 15.7. The van der Waals surface area contributed by atoms with Crippen molar-refractivity contribution in [3.63, 3.8) is 0 Å². The highest BCUT2D eigenvalue weighted by Crippen LogP contribution is 2.34. The Kier molecular flexibility index (Phi) is 28.9. The van der Waals surface area contributed by atoms with Gasteiger partial charge in [-0.1, -0.05) is 97.4 Å². The highest BCUT2D eigenvalue weighted by molar-refractivity contribution is 7.09. The lowest BCUT2D eigenvalue weighted by molar-refractivity contribution is -0.150. The molecular weight excluding hydrogens is 1110 g/mol. The van der Waals surface area contributed by atoms with Crippen molar-refractivity contribution in [2.24, 2.45) is 17.3 Å². The maximum Gasteiger partial charge on any atom is 0.309 e. The molecule has 1 aromatic carbocycles. The number of carboxylic acids is 1. The molecule has 1 fully saturated rings. The number of hydrogen-bond donors (Lipinski definition) is 8. The smallest absolute Gasteiger partial charge is 0.309 e. The van der Waals surface area contributed by atoms with Crippen LogP contribution in [0.5, 0.6) is 5.75 Å². The standard InChI is InChI=1S/C61H93N9O14S/c1-10-12-13-19-28-69(47(39(3)4)31-48(84-41(6)71)56-67-46(38-85-56)55(78)66-43(32-60(7,8)59(81)82)30-42-23-25-44(72)26-24-42)57(79)54(40(5)11-2)68-58(80)61(9)27-20-29-70(61)53(77)36-65-51(75)34-63-49(73)33-62-50(74)35-64-52(76)37-83-45-21-17-15-14-16-18-22-45/h17,21,23-26,38-40,43,45,47-48,54,72H,10-16,18-20,22,27-37H2,1-9H3,(H,62,74)(H,63,73)(H,64,76)(H,65,75)(H,66,78)(H,68,80)(H,81,82)/b21-17-/t40-,43-,45?,47+,48+,54-,61+/m0/s1. The number of allylic oxidation sites excluding steroid dienone is 1. The van der Waals surface area contributed by atoms with E-state index in [1.165, 1.54) is 29.3 Å². The van der Waals surface area contributed by atoms with Gasteiger partial charge in [0.2, 0.25) is 41.4 Å². The fraction of sp³-hybridized carbons (Fsp3) is 0.656. The summed E-state index contributed by atoms with van der Waals surface area (Å²) in [7, 11) is 0. The zero-order valence-corrected chi connectivity index (χ0v) is 52.0. The van der Waals surface area contributed by atoms with E-state index in [-0.39, 0.29) is 80.7 Å². The van der Waals surface area contributed by atoms with Crippen LogP contribution in [0, 0.1) is 17.3 Å². The van der Waals surface area contributed by atoms with E-state index in [0.29, 0.717) is 30.8 Å². The molecule has 0 spiro atoms. The van der Waals surface area contributed by atoms with Gasteiger partial charge in [0, 0.05) is 43.9 Å². The first kappa shape index (κ1) is 70.5. The van der Waals surface area contributed by atoms with Gasteiger partial charge < -0.3 is 61.4 Å². The summed E-state index contributed by atoms with van der Waals surface area (Å²) in [4.78, 5) is 140. The SMILES string of the molecule is CCCCCCN(C(=O)[C@@H](NC(=O)[C@@]1(C)CCCN1C(=O)CNC(=O)CNC(=O)CNC(=O)CNC(=O)COC1/C=C\CCCCC1)[C@@H](C)CC)[C@H](C[C@@H](OC(C)=O)c1nc(C(=O)N[C@@H](Cc2ccc(O)cc2)CC(C)(C)C(=O)O)cs1)C(C)C. The Morgan fingerprint density at radius 2 is 1.49 bits per heavy atom. The van der Waals surface area contributed by atoms with Crippen LogP contribution in [-0.2, 0) is 59.0 Å². The second-order valence-corrected chi connectivity index (χ2v) is 24.4. The lowest BCUT2D eigenvalue weighted by Gasteiger charge is -2.41. The number of phenols is 1. The van der Waals surface area contributed by atoms with Gasteiger partial charge in [0.05, 0.1) is 37.7 Å². The molecule has 2 aliphatic rings. The quantitative estimate of drug-likeness (QED) is 0.0247. The predicted molar refractivity (Wildman–Crippen MR) is 320 cm³/mol. The molecule has 0 saturated carbocycles. The molecule has 7 atom stereocenters. The van der Waals surface area contributed by atoms with Crippen LogP contribution in [0.1, 0.15) is 179 Å². The number of rotatable bonds is 34. The fourth-order valence-electron chi connectivity index (χ4n) is 10.4. The number of aromatic hydroxyl groups is 1. The van der Waals surface area contributed by atoms with E-state index in [2.05, 4.69) is 43.8 Å². The van der Waals surface area contributed by atoms with Gasteiger partial charge in [-0.25, -0.2) is 4.98 Å². The molecule has 472 valence electrons. The largest absolute Gasteiger partial charge is 0.508 e. The molecule has 2 aromatic rings. The zero-order chi connectivity index (χ0) is 62.9. The van der Waals surface area contributed by atoms with Gasteiger partial charge >= 0.3 is 11.9 Å². The molecule has 8 N–H and O–H groups in total. The second kappa shape index (κ2) is 34.9. The summed E-state index contributed by atoms with van der Waals surface area (Å²) >= 11 is 1.10. The molecule has 1 aliphatic heterocycles. The van der Waals surface area contributed by atoms with Crippen LogP contribution < -0.4 is 31.9 Å². The third kappa shape index (κ3) is 23.1. The Morgan fingerprint density at radius 3 is 2.11 bits per heavy atom. The number of carboxylic acid groups (broad SMARTS) is 1. The van der Waals surface area contributed by atoms with E-state index >= 15 is 4.79 Å². The summed E-state index contributed by atoms with van der Waals surface area (Å²) in [6.45, 7) is 14.2. The van der Waals surface area contributed by atoms with Crippen LogP contribution in [0.25, 0.3) is 0 Å². The Morgan fingerprint density at radius 1 is 0.847 bits per heavy atom. The minimum atomic E-state index is -1.41. The first-order valence-electron chi connectivity index (χ1n) is 30.0. The van der Waals surface area contributed by atoms with Crippen LogP contribution in [0.2, 0.25) is 0 Å². The average molecular weight is 1210 g/mol. The number of likely N-dealkylation sites (tertiary alicyclic amines) is 1. The van der Waals surface area contributed by atoms with Crippen molar-refractivity contribution in [1.29, 1.82) is 0 Å². The van der Waals surface area contributed by atoms with E-state index in [1.54, 1.807) is 37.8 Å². The van der Waals surface area contributed by atoms with Crippen molar-refractivity contribution < 1.29 is 67.6 Å². The molecule has 24 heteroatoms. The number of carbonyl (C=O) groups is 10. The van der Waals surface area contributed by atoms with E-state index < -0.39 is 108 Å². The van der Waals surface area contributed by atoms with Crippen molar-refractivity contribution >= 4 is 70.5 Å². The number of esters is 1. The predicted octanol–water partition coefficient (Wildman–Crippen LogP) is 5.40. The maximum absolute atomic E-state index is 15.3. The van der Waals surface area contributed by atoms with Crippen LogP contribution in [0.3, 0.4) is 0 Å². The lowest BCUT2D eigenvalue weighted by atomic mass is 9.84. The number of aliphatic carboxylic acids is 1. The molecule has 0 radical (unpaired) electrons. The van der Waals surface area contributed by atoms with Crippen LogP contribution in [-0.4, -0.2) is 160 Å². The Bertz CT molecular complexity index is 2610. The number of benzene rings is 1. The van der Waals surface area contributed by atoms with Gasteiger partial charge in [0.1, 0.15) is 34.6 Å². The molecule has 4 rings (SSSR count). The molecule has 1 unspecified atom stereocenters. The van der Waals surface area contributed by atoms with Gasteiger partial charge in [-0.2, -0.15) is 0 Å². The number of amides is 8. The summed E-state index contributed by atoms with van der Waals surface area (Å²) in [6.07, 6.45) is 12.8. The molecular formula is C61H93N9O14S. The molecule has 1 aromatic heterocycles. The van der Waals surface area contributed by atoms with E-state index in [0.717, 1.165) is 68.3 Å². The number of thiazole rings is 1. The van der Waals surface area contributed by atoms with Gasteiger partial charge in [-0.3, -0.25) is 47.9 Å². The summed E-state index contributed by atoms with van der Waals surface area (Å²) in [5, 5.41) is 37.3. The molecule has 85 heavy (non-hydrogen) atoms. The summed E-state index contributed by atoms with van der Waals surface area (Å²) in [6, 6.07) is 4.13. The Hall–Kier alpha value is -6.95. The van der Waals surface area contributed by atoms with Crippen molar-refractivity contribution in [3.8, 4) is 5.75 Å². The number of ether oxygens (including phenoxy) is 2. The number of nitrogens with zero attached hydrogens (tertiary/aromatic N) is 3. The topological polar surface area (TPSA) is 321 Å². The van der Waals surface area contributed by atoms with Crippen molar-refractivity contribution in [1.82, 2.24) is 46.7 Å². The van der Waals surface area contributed by atoms with Crippen molar-refractivity contribution in [2.45, 2.75) is 194 Å².